The quantitative estimate of drug-likeness (QED) is 0.501. The molecule has 2 aromatic rings. The Labute approximate surface area is 164 Å². The molecule has 0 radical (unpaired) electrons. The zero-order valence-electron chi connectivity index (χ0n) is 16.4. The predicted octanol–water partition coefficient (Wildman–Crippen LogP) is 2.82. The lowest BCUT2D eigenvalue weighted by atomic mass is 9.87. The molecule has 0 heterocycles. The van der Waals surface area contributed by atoms with Crippen molar-refractivity contribution in [1.82, 2.24) is 4.90 Å². The highest BCUT2D eigenvalue weighted by molar-refractivity contribution is 5.99. The van der Waals surface area contributed by atoms with Gasteiger partial charge in [-0.05, 0) is 24.5 Å². The molecule has 0 atom stereocenters. The molecule has 0 aliphatic heterocycles. The van der Waals surface area contributed by atoms with Crippen molar-refractivity contribution in [2.75, 3.05) is 31.3 Å². The number of anilines is 3. The van der Waals surface area contributed by atoms with Gasteiger partial charge in [-0.3, -0.25) is 14.4 Å². The van der Waals surface area contributed by atoms with E-state index in [9.17, 15) is 19.5 Å². The largest absolute Gasteiger partial charge is 0.505 e. The number of para-hydroxylation sites is 1. The predicted molar refractivity (Wildman–Crippen MR) is 110 cm³/mol. The van der Waals surface area contributed by atoms with Crippen LogP contribution in [-0.4, -0.2) is 36.6 Å². The van der Waals surface area contributed by atoms with Gasteiger partial charge in [0.05, 0.1) is 11.3 Å². The second-order valence-electron chi connectivity index (χ2n) is 7.65. The first-order valence-electron chi connectivity index (χ1n) is 9.78. The summed E-state index contributed by atoms with van der Waals surface area (Å²) in [6.45, 7) is 0.634. The zero-order valence-corrected chi connectivity index (χ0v) is 16.4. The monoisotopic (exact) mass is 385 g/mol. The van der Waals surface area contributed by atoms with Crippen molar-refractivity contribution in [3.8, 4) is 5.75 Å². The summed E-state index contributed by atoms with van der Waals surface area (Å²) in [5, 5.41) is 16.3. The Morgan fingerprint density at radius 1 is 1.11 bits per heavy atom. The maximum Gasteiger partial charge on any atom is 0.257 e. The number of nitrogens with zero attached hydrogens (tertiary/aromatic N) is 1. The second-order valence-corrected chi connectivity index (χ2v) is 7.65. The van der Waals surface area contributed by atoms with Gasteiger partial charge in [0.1, 0.15) is 11.4 Å². The summed E-state index contributed by atoms with van der Waals surface area (Å²) in [4.78, 5) is 37.5. The summed E-state index contributed by atoms with van der Waals surface area (Å²) in [6, 6.07) is 4.68. The number of hydrogen-bond acceptors (Lipinski definition) is 6. The van der Waals surface area contributed by atoms with Crippen LogP contribution in [0.15, 0.2) is 27.8 Å². The molecular weight excluding hydrogens is 358 g/mol. The van der Waals surface area contributed by atoms with Gasteiger partial charge in [0.15, 0.2) is 5.75 Å². The van der Waals surface area contributed by atoms with E-state index in [-0.39, 0.29) is 34.3 Å². The van der Waals surface area contributed by atoms with Crippen LogP contribution in [0.2, 0.25) is 0 Å². The average molecular weight is 385 g/mol. The molecule has 0 bridgehead atoms. The maximum absolute atomic E-state index is 12.2. The van der Waals surface area contributed by atoms with Crippen molar-refractivity contribution in [1.29, 1.82) is 0 Å². The molecule has 0 saturated heterocycles. The Kier molecular flexibility index (Phi) is 6.02. The fourth-order valence-electron chi connectivity index (χ4n) is 3.75. The van der Waals surface area contributed by atoms with E-state index in [1.165, 1.54) is 43.1 Å². The number of carbonyl (C=O) groups excluding carboxylic acids is 1. The summed E-state index contributed by atoms with van der Waals surface area (Å²) in [7, 11) is 3.18. The van der Waals surface area contributed by atoms with Crippen molar-refractivity contribution in [2.24, 2.45) is 5.92 Å². The number of phenolic OH excluding ortho intramolecular Hbond substituents is 1. The van der Waals surface area contributed by atoms with Crippen LogP contribution < -0.4 is 21.5 Å². The molecule has 3 N–H and O–H groups in total. The summed E-state index contributed by atoms with van der Waals surface area (Å²) in [5.41, 5.74) is -0.436. The van der Waals surface area contributed by atoms with E-state index in [0.717, 1.165) is 6.42 Å². The van der Waals surface area contributed by atoms with Crippen molar-refractivity contribution in [3.05, 3.63) is 44.2 Å². The molecule has 7 heteroatoms. The van der Waals surface area contributed by atoms with Gasteiger partial charge >= 0.3 is 0 Å². The molecule has 1 aliphatic carbocycles. The third kappa shape index (κ3) is 4.03. The first kappa shape index (κ1) is 19.9. The van der Waals surface area contributed by atoms with Crippen LogP contribution in [0.25, 0.3) is 0 Å². The van der Waals surface area contributed by atoms with Crippen LogP contribution in [0.5, 0.6) is 5.75 Å². The van der Waals surface area contributed by atoms with Crippen LogP contribution in [-0.2, 0) is 0 Å². The number of rotatable bonds is 7. The summed E-state index contributed by atoms with van der Waals surface area (Å²) in [5.74, 6) is 0.0706. The van der Waals surface area contributed by atoms with Gasteiger partial charge < -0.3 is 20.6 Å². The van der Waals surface area contributed by atoms with Crippen LogP contribution in [0.3, 0.4) is 0 Å². The highest BCUT2D eigenvalue weighted by atomic mass is 16.3. The molecule has 0 unspecified atom stereocenters. The van der Waals surface area contributed by atoms with Crippen LogP contribution in [0, 0.1) is 5.92 Å². The highest BCUT2D eigenvalue weighted by Gasteiger charge is 2.23. The topological polar surface area (TPSA) is 98.7 Å². The standard InChI is InChI=1S/C21H27N3O4/c1-24(2)21(28)14-9-6-10-15(18(14)25)23-17-16(19(26)20(17)27)22-12-11-13-7-4-3-5-8-13/h6,9-10,13,22-23,25H,3-5,7-8,11-12H2,1-2H3. The number of aromatic hydroxyl groups is 1. The number of benzene rings is 1. The normalized spacial score (nSPS) is 14.8. The molecule has 0 spiro atoms. The van der Waals surface area contributed by atoms with E-state index in [4.69, 9.17) is 0 Å². The third-order valence-corrected chi connectivity index (χ3v) is 5.42. The minimum Gasteiger partial charge on any atom is -0.505 e. The van der Waals surface area contributed by atoms with Gasteiger partial charge in [-0.1, -0.05) is 38.2 Å². The lowest BCUT2D eigenvalue weighted by molar-refractivity contribution is 0.0824. The van der Waals surface area contributed by atoms with Gasteiger partial charge in [0.25, 0.3) is 16.8 Å². The van der Waals surface area contributed by atoms with Gasteiger partial charge in [-0.25, -0.2) is 0 Å². The van der Waals surface area contributed by atoms with Crippen molar-refractivity contribution >= 4 is 23.0 Å². The molecule has 2 aromatic carbocycles. The van der Waals surface area contributed by atoms with E-state index in [0.29, 0.717) is 12.5 Å². The molecule has 28 heavy (non-hydrogen) atoms. The number of phenols is 1. The molecule has 1 aliphatic rings. The Hall–Kier alpha value is -2.83. The molecule has 0 aromatic heterocycles. The maximum atomic E-state index is 12.2. The SMILES string of the molecule is CN(C)C(=O)c1cccc(Nc2c(NCCC3CCCCC3)c(=O)c2=O)c1O. The average Bonchev–Trinajstić information content (AvgIpc) is 2.70. The van der Waals surface area contributed by atoms with Gasteiger partial charge in [-0.15, -0.1) is 0 Å². The fourth-order valence-corrected chi connectivity index (χ4v) is 3.75. The smallest absolute Gasteiger partial charge is 0.257 e. The van der Waals surface area contributed by atoms with E-state index in [2.05, 4.69) is 10.6 Å². The lowest BCUT2D eigenvalue weighted by Gasteiger charge is -2.22. The summed E-state index contributed by atoms with van der Waals surface area (Å²) >= 11 is 0. The lowest BCUT2D eigenvalue weighted by Crippen LogP contribution is -2.37. The molecule has 1 saturated carbocycles. The number of hydrogen-bond donors (Lipinski definition) is 3. The third-order valence-electron chi connectivity index (χ3n) is 5.42. The molecule has 150 valence electrons. The molecule has 1 fully saturated rings. The van der Waals surface area contributed by atoms with E-state index in [1.54, 1.807) is 26.2 Å². The van der Waals surface area contributed by atoms with Crippen LogP contribution in [0.4, 0.5) is 17.1 Å². The van der Waals surface area contributed by atoms with Crippen molar-refractivity contribution in [3.63, 3.8) is 0 Å². The highest BCUT2D eigenvalue weighted by Crippen LogP contribution is 2.32. The van der Waals surface area contributed by atoms with Gasteiger partial charge in [-0.2, -0.15) is 0 Å². The molecule has 3 rings (SSSR count). The van der Waals surface area contributed by atoms with Gasteiger partial charge in [0, 0.05) is 20.6 Å². The number of amides is 1. The van der Waals surface area contributed by atoms with Crippen LogP contribution >= 0.6 is 0 Å². The minimum atomic E-state index is -0.621. The number of carbonyl (C=O) groups is 1. The van der Waals surface area contributed by atoms with E-state index < -0.39 is 10.9 Å². The molecular formula is C21H27N3O4. The van der Waals surface area contributed by atoms with Crippen molar-refractivity contribution in [2.45, 2.75) is 38.5 Å². The van der Waals surface area contributed by atoms with Crippen LogP contribution in [0.1, 0.15) is 48.9 Å². The van der Waals surface area contributed by atoms with Gasteiger partial charge in [0.2, 0.25) is 0 Å². The van der Waals surface area contributed by atoms with E-state index >= 15 is 0 Å². The second kappa shape index (κ2) is 8.46. The first-order valence-corrected chi connectivity index (χ1v) is 9.78. The minimum absolute atomic E-state index is 0.125. The zero-order chi connectivity index (χ0) is 20.3. The fraction of sp³-hybridized carbons (Fsp3) is 0.476. The van der Waals surface area contributed by atoms with Crippen molar-refractivity contribution < 1.29 is 9.90 Å². The Morgan fingerprint density at radius 3 is 2.46 bits per heavy atom. The first-order chi connectivity index (χ1) is 13.4. The number of nitrogens with one attached hydrogen (secondary N) is 2. The Bertz CT molecular complexity index is 922. The Morgan fingerprint density at radius 2 is 1.79 bits per heavy atom. The summed E-state index contributed by atoms with van der Waals surface area (Å²) in [6.07, 6.45) is 7.24. The molecule has 1 amide bonds. The van der Waals surface area contributed by atoms with E-state index in [1.807, 2.05) is 0 Å². The summed E-state index contributed by atoms with van der Waals surface area (Å²) < 4.78 is 0. The molecule has 7 nitrogen and oxygen atoms in total. The Balaban J connectivity index is 1.71.